The standard InChI is InChI=1S/C79H53N3Si/c80-54-55-31-33-60(34-32-55)61-35-41-68(42-36-61)83(66-27-15-5-16-28-66,67-29-17-6-18-30-67)69-43-48-78(81-74-44-37-62(56-19-7-1-8-20-56)49-70(74)71-50-63(38-45-75(71)81)57-21-9-2-10-22-57)79(53-69)82-76-46-39-64(58-23-11-3-12-24-58)51-72(76)73-52-65(40-47-77(73)82)59-25-13-4-14-26-59/h1-53H. The fourth-order valence-electron chi connectivity index (χ4n) is 13.0. The molecule has 0 aliphatic rings. The molecule has 15 aromatic rings. The minimum atomic E-state index is -3.19. The normalized spacial score (nSPS) is 11.6. The highest BCUT2D eigenvalue weighted by atomic mass is 28.3. The van der Waals surface area contributed by atoms with Crippen LogP contribution in [0.2, 0.25) is 0 Å². The highest BCUT2D eigenvalue weighted by Crippen LogP contribution is 2.42. The average Bonchev–Trinajstić information content (AvgIpc) is 4.18. The zero-order valence-electron chi connectivity index (χ0n) is 45.4. The Hall–Kier alpha value is -10.8. The first-order valence-electron chi connectivity index (χ1n) is 28.4. The van der Waals surface area contributed by atoms with Gasteiger partial charge in [-0.05, 0) is 149 Å². The monoisotopic (exact) mass is 1070 g/mol. The van der Waals surface area contributed by atoms with Crippen molar-refractivity contribution in [2.75, 3.05) is 0 Å². The molecular formula is C79H53N3Si. The van der Waals surface area contributed by atoms with Crippen molar-refractivity contribution in [3.05, 3.63) is 327 Å². The summed E-state index contributed by atoms with van der Waals surface area (Å²) in [5, 5.41) is 19.5. The van der Waals surface area contributed by atoms with Crippen molar-refractivity contribution in [1.82, 2.24) is 9.13 Å². The molecule has 0 radical (unpaired) electrons. The lowest BCUT2D eigenvalue weighted by molar-refractivity contribution is 1.10. The van der Waals surface area contributed by atoms with E-state index in [-0.39, 0.29) is 0 Å². The lowest BCUT2D eigenvalue weighted by atomic mass is 10.0. The Balaban J connectivity index is 1.07. The fraction of sp³-hybridized carbons (Fsp3) is 0. The number of nitriles is 1. The molecule has 0 bridgehead atoms. The van der Waals surface area contributed by atoms with Crippen LogP contribution in [0.3, 0.4) is 0 Å². The van der Waals surface area contributed by atoms with Gasteiger partial charge in [0.25, 0.3) is 0 Å². The predicted molar refractivity (Wildman–Crippen MR) is 351 cm³/mol. The molecule has 2 heterocycles. The summed E-state index contributed by atoms with van der Waals surface area (Å²) >= 11 is 0. The number of nitrogens with zero attached hydrogens (tertiary/aromatic N) is 3. The van der Waals surface area contributed by atoms with E-state index >= 15 is 0 Å². The van der Waals surface area contributed by atoms with Crippen LogP contribution in [0.15, 0.2) is 322 Å². The molecule has 13 aromatic carbocycles. The topological polar surface area (TPSA) is 33.6 Å². The van der Waals surface area contributed by atoms with Gasteiger partial charge in [-0.1, -0.05) is 249 Å². The first kappa shape index (κ1) is 49.2. The van der Waals surface area contributed by atoms with Gasteiger partial charge in [0.05, 0.1) is 45.1 Å². The van der Waals surface area contributed by atoms with E-state index in [1.165, 1.54) is 86.8 Å². The molecule has 0 aliphatic heterocycles. The maximum Gasteiger partial charge on any atom is 0.179 e. The van der Waals surface area contributed by atoms with Gasteiger partial charge < -0.3 is 9.13 Å². The van der Waals surface area contributed by atoms with Crippen LogP contribution in [0.25, 0.3) is 111 Å². The van der Waals surface area contributed by atoms with Gasteiger partial charge >= 0.3 is 0 Å². The highest BCUT2D eigenvalue weighted by Gasteiger charge is 2.42. The van der Waals surface area contributed by atoms with Crippen LogP contribution >= 0.6 is 0 Å². The second-order valence-electron chi connectivity index (χ2n) is 21.5. The van der Waals surface area contributed by atoms with Crippen molar-refractivity contribution < 1.29 is 0 Å². The van der Waals surface area contributed by atoms with E-state index in [1.54, 1.807) is 0 Å². The molecule has 0 saturated carbocycles. The van der Waals surface area contributed by atoms with Gasteiger partial charge in [-0.15, -0.1) is 0 Å². The Morgan fingerprint density at radius 2 is 0.506 bits per heavy atom. The highest BCUT2D eigenvalue weighted by molar-refractivity contribution is 7.20. The lowest BCUT2D eigenvalue weighted by Gasteiger charge is -2.35. The van der Waals surface area contributed by atoms with Crippen molar-refractivity contribution >= 4 is 72.4 Å². The van der Waals surface area contributed by atoms with Gasteiger partial charge in [0.15, 0.2) is 8.07 Å². The zero-order valence-corrected chi connectivity index (χ0v) is 46.4. The van der Waals surface area contributed by atoms with Crippen LogP contribution in [-0.2, 0) is 0 Å². The molecule has 4 heteroatoms. The van der Waals surface area contributed by atoms with Gasteiger partial charge in [0, 0.05) is 21.5 Å². The second kappa shape index (κ2) is 20.7. The Labute approximate surface area is 484 Å². The summed E-state index contributed by atoms with van der Waals surface area (Å²) in [6, 6.07) is 121. The van der Waals surface area contributed by atoms with Gasteiger partial charge in [0.2, 0.25) is 0 Å². The molecule has 0 N–H and O–H groups in total. The second-order valence-corrected chi connectivity index (χ2v) is 25.3. The van der Waals surface area contributed by atoms with E-state index < -0.39 is 8.07 Å². The summed E-state index contributed by atoms with van der Waals surface area (Å²) < 4.78 is 5.09. The first-order valence-corrected chi connectivity index (χ1v) is 30.4. The molecule has 0 saturated heterocycles. The van der Waals surface area contributed by atoms with E-state index in [0.717, 1.165) is 44.6 Å². The quantitative estimate of drug-likeness (QED) is 0.0939. The van der Waals surface area contributed by atoms with Crippen molar-refractivity contribution in [2.24, 2.45) is 0 Å². The van der Waals surface area contributed by atoms with E-state index in [4.69, 9.17) is 0 Å². The number of hydrogen-bond acceptors (Lipinski definition) is 1. The smallest absolute Gasteiger partial charge is 0.179 e. The molecule has 0 amide bonds. The van der Waals surface area contributed by atoms with Crippen LogP contribution < -0.4 is 20.7 Å². The molecule has 15 rings (SSSR count). The largest absolute Gasteiger partial charge is 0.307 e. The first-order chi connectivity index (χ1) is 41.1. The summed E-state index contributed by atoms with van der Waals surface area (Å²) in [5.41, 5.74) is 18.9. The number of hydrogen-bond donors (Lipinski definition) is 0. The fourth-order valence-corrected chi connectivity index (χ4v) is 17.7. The Morgan fingerprint density at radius 1 is 0.229 bits per heavy atom. The SMILES string of the molecule is N#Cc1ccc(-c2ccc([Si](c3ccccc3)(c3ccccc3)c3ccc(-n4c5ccc(-c6ccccc6)cc5c5cc(-c6ccccc6)ccc54)c(-n4c5ccc(-c6ccccc6)cc5c5cc(-c6ccccc6)ccc54)c3)cc2)cc1. The minimum Gasteiger partial charge on any atom is -0.307 e. The molecule has 0 unspecified atom stereocenters. The van der Waals surface area contributed by atoms with Crippen molar-refractivity contribution in [1.29, 1.82) is 5.26 Å². The number of fused-ring (bicyclic) bond motifs is 6. The average molecular weight is 1070 g/mol. The van der Waals surface area contributed by atoms with Crippen molar-refractivity contribution in [3.63, 3.8) is 0 Å². The molecule has 83 heavy (non-hydrogen) atoms. The third kappa shape index (κ3) is 8.50. The molecular weight excluding hydrogens is 1020 g/mol. The molecule has 0 atom stereocenters. The Morgan fingerprint density at radius 3 is 0.855 bits per heavy atom. The van der Waals surface area contributed by atoms with E-state index in [1.807, 2.05) is 12.1 Å². The summed E-state index contributed by atoms with van der Waals surface area (Å²) in [6.07, 6.45) is 0. The molecule has 0 spiro atoms. The number of benzene rings is 13. The number of aromatic nitrogens is 2. The summed E-state index contributed by atoms with van der Waals surface area (Å²) in [5.74, 6) is 0. The van der Waals surface area contributed by atoms with Gasteiger partial charge in [0.1, 0.15) is 0 Å². The number of rotatable bonds is 11. The molecule has 2 aromatic heterocycles. The molecule has 388 valence electrons. The lowest BCUT2D eigenvalue weighted by Crippen LogP contribution is -2.74. The van der Waals surface area contributed by atoms with E-state index in [0.29, 0.717) is 5.56 Å². The van der Waals surface area contributed by atoms with Crippen LogP contribution in [0, 0.1) is 11.3 Å². The third-order valence-electron chi connectivity index (χ3n) is 16.9. The summed E-state index contributed by atoms with van der Waals surface area (Å²) in [4.78, 5) is 0. The zero-order chi connectivity index (χ0) is 55.3. The van der Waals surface area contributed by atoms with Crippen LogP contribution in [0.4, 0.5) is 0 Å². The maximum atomic E-state index is 9.66. The third-order valence-corrected chi connectivity index (χ3v) is 21.7. The van der Waals surface area contributed by atoms with E-state index in [2.05, 4.69) is 325 Å². The van der Waals surface area contributed by atoms with Crippen LogP contribution in [-0.4, -0.2) is 17.2 Å². The van der Waals surface area contributed by atoms with Crippen molar-refractivity contribution in [2.45, 2.75) is 0 Å². The van der Waals surface area contributed by atoms with Gasteiger partial charge in [-0.25, -0.2) is 0 Å². The molecule has 0 fully saturated rings. The summed E-state index contributed by atoms with van der Waals surface area (Å²) in [6.45, 7) is 0. The molecule has 0 aliphatic carbocycles. The Kier molecular flexibility index (Phi) is 12.3. The van der Waals surface area contributed by atoms with E-state index in [9.17, 15) is 5.26 Å². The van der Waals surface area contributed by atoms with Crippen molar-refractivity contribution in [3.8, 4) is 73.1 Å². The van der Waals surface area contributed by atoms with Crippen LogP contribution in [0.5, 0.6) is 0 Å². The predicted octanol–water partition coefficient (Wildman–Crippen LogP) is 17.5. The van der Waals surface area contributed by atoms with Crippen LogP contribution in [0.1, 0.15) is 5.56 Å². The van der Waals surface area contributed by atoms with Gasteiger partial charge in [-0.3, -0.25) is 0 Å². The maximum absolute atomic E-state index is 9.66. The summed E-state index contributed by atoms with van der Waals surface area (Å²) in [7, 11) is -3.19. The van der Waals surface area contributed by atoms with Gasteiger partial charge in [-0.2, -0.15) is 5.26 Å². The Bertz CT molecular complexity index is 4680. The minimum absolute atomic E-state index is 0.649. The molecule has 3 nitrogen and oxygen atoms in total.